The lowest BCUT2D eigenvalue weighted by atomic mass is 9.99. The van der Waals surface area contributed by atoms with Crippen molar-refractivity contribution in [2.24, 2.45) is 0 Å². The number of carbonyl (C=O) groups is 1. The van der Waals surface area contributed by atoms with Gasteiger partial charge in [-0.25, -0.2) is 4.98 Å². The second kappa shape index (κ2) is 7.85. The zero-order chi connectivity index (χ0) is 15.0. The average molecular weight is 280 g/mol. The predicted octanol–water partition coefficient (Wildman–Crippen LogP) is 3.01. The van der Waals surface area contributed by atoms with Crippen LogP contribution in [-0.2, 0) is 9.53 Å². The first-order valence-corrected chi connectivity index (χ1v) is 7.01. The zero-order valence-corrected chi connectivity index (χ0v) is 12.7. The molecule has 0 saturated carbocycles. The van der Waals surface area contributed by atoms with E-state index in [2.05, 4.69) is 10.3 Å². The van der Waals surface area contributed by atoms with Crippen LogP contribution in [0.1, 0.15) is 40.0 Å². The topological polar surface area (TPSA) is 60.5 Å². The van der Waals surface area contributed by atoms with E-state index in [4.69, 9.17) is 9.47 Å². The second-order valence-corrected chi connectivity index (χ2v) is 4.87. The molecule has 0 fully saturated rings. The van der Waals surface area contributed by atoms with Gasteiger partial charge in [0.1, 0.15) is 5.60 Å². The smallest absolute Gasteiger partial charge is 0.256 e. The van der Waals surface area contributed by atoms with Crippen LogP contribution in [0.5, 0.6) is 5.88 Å². The van der Waals surface area contributed by atoms with Crippen molar-refractivity contribution in [3.8, 4) is 5.88 Å². The Labute approximate surface area is 120 Å². The minimum atomic E-state index is -0.801. The van der Waals surface area contributed by atoms with Crippen molar-refractivity contribution >= 4 is 11.6 Å². The first kappa shape index (κ1) is 16.4. The van der Waals surface area contributed by atoms with Gasteiger partial charge in [-0.2, -0.15) is 0 Å². The first-order valence-electron chi connectivity index (χ1n) is 7.01. The summed E-state index contributed by atoms with van der Waals surface area (Å²) in [4.78, 5) is 16.5. The van der Waals surface area contributed by atoms with Gasteiger partial charge in [-0.05, 0) is 25.8 Å². The molecule has 1 heterocycles. The number of methoxy groups -OCH3 is 1. The summed E-state index contributed by atoms with van der Waals surface area (Å²) in [5.41, 5.74) is -0.164. The van der Waals surface area contributed by atoms with Crippen LogP contribution in [0.3, 0.4) is 0 Å². The van der Waals surface area contributed by atoms with Crippen LogP contribution in [0.15, 0.2) is 18.3 Å². The molecule has 5 nitrogen and oxygen atoms in total. The van der Waals surface area contributed by atoms with E-state index >= 15 is 0 Å². The lowest BCUT2D eigenvalue weighted by Gasteiger charge is -2.28. The molecule has 0 bridgehead atoms. The van der Waals surface area contributed by atoms with Crippen LogP contribution in [0, 0.1) is 0 Å². The molecule has 0 aliphatic rings. The van der Waals surface area contributed by atoms with E-state index in [0.29, 0.717) is 24.6 Å². The maximum absolute atomic E-state index is 12.4. The number of hydrogen-bond donors (Lipinski definition) is 1. The summed E-state index contributed by atoms with van der Waals surface area (Å²) in [5, 5.41) is 2.85. The second-order valence-electron chi connectivity index (χ2n) is 4.87. The molecule has 0 radical (unpaired) electrons. The van der Waals surface area contributed by atoms with Gasteiger partial charge in [-0.1, -0.05) is 20.3 Å². The molecule has 1 N–H and O–H groups in total. The van der Waals surface area contributed by atoms with Gasteiger partial charge in [0.15, 0.2) is 0 Å². The molecule has 112 valence electrons. The van der Waals surface area contributed by atoms with Gasteiger partial charge in [-0.3, -0.25) is 4.79 Å². The summed E-state index contributed by atoms with van der Waals surface area (Å²) in [7, 11) is 1.55. The molecule has 0 saturated heterocycles. The molecule has 1 rings (SSSR count). The number of amides is 1. The first-order chi connectivity index (χ1) is 9.55. The molecule has 0 aliphatic carbocycles. The number of anilines is 1. The highest BCUT2D eigenvalue weighted by atomic mass is 16.5. The van der Waals surface area contributed by atoms with Crippen LogP contribution in [0.4, 0.5) is 5.69 Å². The normalized spacial score (nSPS) is 13.6. The van der Waals surface area contributed by atoms with E-state index in [1.807, 2.05) is 20.8 Å². The lowest BCUT2D eigenvalue weighted by molar-refractivity contribution is -0.140. The average Bonchev–Trinajstić information content (AvgIpc) is 2.46. The Morgan fingerprint density at radius 2 is 2.10 bits per heavy atom. The molecule has 0 spiro atoms. The molecular formula is C15H24N2O3. The highest BCUT2D eigenvalue weighted by Crippen LogP contribution is 2.21. The fourth-order valence-electron chi connectivity index (χ4n) is 1.89. The minimum absolute atomic E-state index is 0.139. The number of hydrogen-bond acceptors (Lipinski definition) is 4. The molecule has 1 amide bonds. The standard InChI is InChI=1S/C15H24N2O3/c1-5-9-15(3,20-10-6-2)14(18)17-12-7-8-13(19-4)16-11-12/h7-8,11H,5-6,9-10H2,1-4H3,(H,17,18)/t15-/m0/s1. The van der Waals surface area contributed by atoms with Gasteiger partial charge in [0, 0.05) is 12.7 Å². The van der Waals surface area contributed by atoms with Crippen molar-refractivity contribution in [3.63, 3.8) is 0 Å². The number of nitrogens with zero attached hydrogens (tertiary/aromatic N) is 1. The van der Waals surface area contributed by atoms with Crippen molar-refractivity contribution < 1.29 is 14.3 Å². The molecule has 1 aromatic heterocycles. The summed E-state index contributed by atoms with van der Waals surface area (Å²) in [6.07, 6.45) is 4.02. The molecule has 1 atom stereocenters. The van der Waals surface area contributed by atoms with Gasteiger partial charge >= 0.3 is 0 Å². The van der Waals surface area contributed by atoms with E-state index in [1.165, 1.54) is 0 Å². The Hall–Kier alpha value is -1.62. The van der Waals surface area contributed by atoms with E-state index in [0.717, 1.165) is 12.8 Å². The van der Waals surface area contributed by atoms with Crippen LogP contribution < -0.4 is 10.1 Å². The Morgan fingerprint density at radius 1 is 1.35 bits per heavy atom. The Bertz CT molecular complexity index is 420. The molecule has 5 heteroatoms. The number of pyridine rings is 1. The van der Waals surface area contributed by atoms with Crippen molar-refractivity contribution in [3.05, 3.63) is 18.3 Å². The Balaban J connectivity index is 2.73. The summed E-state index contributed by atoms with van der Waals surface area (Å²) in [6.45, 7) is 6.47. The van der Waals surface area contributed by atoms with E-state index in [-0.39, 0.29) is 5.91 Å². The van der Waals surface area contributed by atoms with Crippen LogP contribution in [-0.4, -0.2) is 30.2 Å². The molecule has 0 aliphatic heterocycles. The highest BCUT2D eigenvalue weighted by molar-refractivity contribution is 5.96. The fourth-order valence-corrected chi connectivity index (χ4v) is 1.89. The van der Waals surface area contributed by atoms with Gasteiger partial charge in [-0.15, -0.1) is 0 Å². The molecule has 1 aromatic rings. The zero-order valence-electron chi connectivity index (χ0n) is 12.7. The SMILES string of the molecule is CCCO[C@@](C)(CCC)C(=O)Nc1ccc(OC)nc1. The van der Waals surface area contributed by atoms with Crippen LogP contribution >= 0.6 is 0 Å². The third-order valence-corrected chi connectivity index (χ3v) is 3.04. The monoisotopic (exact) mass is 280 g/mol. The Kier molecular flexibility index (Phi) is 6.45. The molecule has 20 heavy (non-hydrogen) atoms. The largest absolute Gasteiger partial charge is 0.481 e. The van der Waals surface area contributed by atoms with Crippen molar-refractivity contribution in [1.29, 1.82) is 0 Å². The van der Waals surface area contributed by atoms with E-state index in [9.17, 15) is 4.79 Å². The fraction of sp³-hybridized carbons (Fsp3) is 0.600. The number of rotatable bonds is 8. The maximum atomic E-state index is 12.4. The summed E-state index contributed by atoms with van der Waals surface area (Å²) in [6, 6.07) is 3.47. The third kappa shape index (κ3) is 4.49. The quantitative estimate of drug-likeness (QED) is 0.795. The summed E-state index contributed by atoms with van der Waals surface area (Å²) < 4.78 is 10.7. The van der Waals surface area contributed by atoms with E-state index in [1.54, 1.807) is 25.4 Å². The van der Waals surface area contributed by atoms with Crippen molar-refractivity contribution in [1.82, 2.24) is 4.98 Å². The maximum Gasteiger partial charge on any atom is 0.256 e. The van der Waals surface area contributed by atoms with Crippen molar-refractivity contribution in [2.75, 3.05) is 19.0 Å². The van der Waals surface area contributed by atoms with Gasteiger partial charge in [0.25, 0.3) is 5.91 Å². The lowest BCUT2D eigenvalue weighted by Crippen LogP contribution is -2.43. The Morgan fingerprint density at radius 3 is 2.60 bits per heavy atom. The third-order valence-electron chi connectivity index (χ3n) is 3.04. The van der Waals surface area contributed by atoms with Crippen LogP contribution in [0.25, 0.3) is 0 Å². The summed E-state index contributed by atoms with van der Waals surface area (Å²) in [5.74, 6) is 0.376. The number of nitrogens with one attached hydrogen (secondary N) is 1. The van der Waals surface area contributed by atoms with Crippen molar-refractivity contribution in [2.45, 2.75) is 45.6 Å². The summed E-state index contributed by atoms with van der Waals surface area (Å²) >= 11 is 0. The highest BCUT2D eigenvalue weighted by Gasteiger charge is 2.33. The molecule has 0 unspecified atom stereocenters. The van der Waals surface area contributed by atoms with Gasteiger partial charge in [0.05, 0.1) is 19.0 Å². The van der Waals surface area contributed by atoms with Crippen LogP contribution in [0.2, 0.25) is 0 Å². The predicted molar refractivity (Wildman–Crippen MR) is 79.0 cm³/mol. The molecular weight excluding hydrogens is 256 g/mol. The number of carbonyl (C=O) groups excluding carboxylic acids is 1. The van der Waals surface area contributed by atoms with E-state index < -0.39 is 5.60 Å². The minimum Gasteiger partial charge on any atom is -0.481 e. The number of aromatic nitrogens is 1. The van der Waals surface area contributed by atoms with Gasteiger partial charge in [0.2, 0.25) is 5.88 Å². The van der Waals surface area contributed by atoms with Gasteiger partial charge < -0.3 is 14.8 Å². The molecule has 0 aromatic carbocycles. The number of ether oxygens (including phenoxy) is 2.